The van der Waals surface area contributed by atoms with E-state index in [2.05, 4.69) is 10.1 Å². The van der Waals surface area contributed by atoms with E-state index in [0.717, 1.165) is 29.9 Å². The Labute approximate surface area is 120 Å². The number of hydrogen-bond acceptors (Lipinski definition) is 5. The van der Waals surface area contributed by atoms with Crippen LogP contribution in [0, 0.1) is 0 Å². The summed E-state index contributed by atoms with van der Waals surface area (Å²) >= 11 is 0. The van der Waals surface area contributed by atoms with E-state index in [1.54, 1.807) is 18.2 Å². The van der Waals surface area contributed by atoms with Gasteiger partial charge in [0.15, 0.2) is 0 Å². The first-order valence-corrected chi connectivity index (χ1v) is 6.69. The Morgan fingerprint density at radius 3 is 2.90 bits per heavy atom. The van der Waals surface area contributed by atoms with Crippen LogP contribution >= 0.6 is 0 Å². The highest BCUT2D eigenvalue weighted by Gasteiger charge is 2.16. The summed E-state index contributed by atoms with van der Waals surface area (Å²) in [5, 5.41) is 13.5. The van der Waals surface area contributed by atoms with Gasteiger partial charge in [0.25, 0.3) is 5.89 Å². The van der Waals surface area contributed by atoms with E-state index < -0.39 is 0 Å². The third-order valence-corrected chi connectivity index (χ3v) is 3.47. The second kappa shape index (κ2) is 4.63. The van der Waals surface area contributed by atoms with Crippen LogP contribution in [-0.4, -0.2) is 21.9 Å². The maximum absolute atomic E-state index is 9.50. The maximum atomic E-state index is 9.50. The van der Waals surface area contributed by atoms with E-state index in [0.29, 0.717) is 17.3 Å². The number of benzene rings is 2. The van der Waals surface area contributed by atoms with Crippen LogP contribution in [0.25, 0.3) is 22.8 Å². The fourth-order valence-corrected chi connectivity index (χ4v) is 2.42. The molecule has 0 radical (unpaired) electrons. The fourth-order valence-electron chi connectivity index (χ4n) is 2.42. The summed E-state index contributed by atoms with van der Waals surface area (Å²) < 4.78 is 10.8. The first-order chi connectivity index (χ1) is 10.3. The average molecular weight is 280 g/mol. The molecule has 0 unspecified atom stereocenters. The first-order valence-electron chi connectivity index (χ1n) is 6.69. The lowest BCUT2D eigenvalue weighted by atomic mass is 10.1. The van der Waals surface area contributed by atoms with Gasteiger partial charge in [-0.2, -0.15) is 4.98 Å². The molecule has 0 bridgehead atoms. The lowest BCUT2D eigenvalue weighted by Gasteiger charge is -1.99. The summed E-state index contributed by atoms with van der Waals surface area (Å²) in [6, 6.07) is 12.6. The summed E-state index contributed by atoms with van der Waals surface area (Å²) in [5.74, 6) is 2.01. The fraction of sp³-hybridized carbons (Fsp3) is 0.125. The zero-order valence-electron chi connectivity index (χ0n) is 11.1. The summed E-state index contributed by atoms with van der Waals surface area (Å²) in [7, 11) is 0. The van der Waals surface area contributed by atoms with E-state index in [1.807, 2.05) is 24.3 Å². The van der Waals surface area contributed by atoms with Crippen LogP contribution in [0.4, 0.5) is 0 Å². The highest BCUT2D eigenvalue weighted by atomic mass is 16.5. The molecule has 0 amide bonds. The van der Waals surface area contributed by atoms with E-state index in [-0.39, 0.29) is 5.75 Å². The zero-order valence-corrected chi connectivity index (χ0v) is 11.1. The van der Waals surface area contributed by atoms with Gasteiger partial charge in [0.1, 0.15) is 11.5 Å². The molecule has 104 valence electrons. The number of nitrogens with zero attached hydrogens (tertiary/aromatic N) is 2. The van der Waals surface area contributed by atoms with Crippen LogP contribution in [-0.2, 0) is 6.42 Å². The number of ether oxygens (including phenoxy) is 1. The standard InChI is InChI=1S/C16H12N2O3/c19-13-3-1-2-12(9-13)16-17-15(18-21-16)11-4-5-14-10(8-11)6-7-20-14/h1-5,8-9,19H,6-7H2. The molecule has 0 atom stereocenters. The van der Waals surface area contributed by atoms with Gasteiger partial charge >= 0.3 is 0 Å². The third-order valence-electron chi connectivity index (χ3n) is 3.47. The van der Waals surface area contributed by atoms with Crippen molar-refractivity contribution in [2.45, 2.75) is 6.42 Å². The molecule has 1 N–H and O–H groups in total. The Bertz CT molecular complexity index is 811. The monoisotopic (exact) mass is 280 g/mol. The van der Waals surface area contributed by atoms with Gasteiger partial charge in [-0.1, -0.05) is 11.2 Å². The third kappa shape index (κ3) is 2.12. The molecule has 2 heterocycles. The van der Waals surface area contributed by atoms with Gasteiger partial charge in [-0.25, -0.2) is 0 Å². The second-order valence-electron chi connectivity index (χ2n) is 4.89. The molecule has 21 heavy (non-hydrogen) atoms. The molecule has 3 aromatic rings. The summed E-state index contributed by atoms with van der Waals surface area (Å²) in [4.78, 5) is 4.39. The number of phenolic OH excluding ortho intramolecular Hbond substituents is 1. The summed E-state index contributed by atoms with van der Waals surface area (Å²) in [6.45, 7) is 0.722. The van der Waals surface area contributed by atoms with Gasteiger partial charge < -0.3 is 14.4 Å². The van der Waals surface area contributed by atoms with E-state index in [4.69, 9.17) is 9.26 Å². The number of phenols is 1. The predicted molar refractivity (Wildman–Crippen MR) is 76.0 cm³/mol. The Morgan fingerprint density at radius 1 is 1.05 bits per heavy atom. The Morgan fingerprint density at radius 2 is 2.00 bits per heavy atom. The minimum atomic E-state index is 0.168. The van der Waals surface area contributed by atoms with Crippen molar-refractivity contribution >= 4 is 0 Å². The lowest BCUT2D eigenvalue weighted by molar-refractivity contribution is 0.357. The zero-order chi connectivity index (χ0) is 14.2. The van der Waals surface area contributed by atoms with Crippen LogP contribution in [0.5, 0.6) is 11.5 Å². The maximum Gasteiger partial charge on any atom is 0.258 e. The van der Waals surface area contributed by atoms with Gasteiger partial charge in [-0.15, -0.1) is 0 Å². The van der Waals surface area contributed by atoms with Gasteiger partial charge in [0.2, 0.25) is 5.82 Å². The molecular weight excluding hydrogens is 268 g/mol. The molecule has 0 aliphatic carbocycles. The van der Waals surface area contributed by atoms with E-state index in [1.165, 1.54) is 0 Å². The van der Waals surface area contributed by atoms with Crippen molar-refractivity contribution in [2.24, 2.45) is 0 Å². The van der Waals surface area contributed by atoms with Gasteiger partial charge in [-0.3, -0.25) is 0 Å². The quantitative estimate of drug-likeness (QED) is 0.781. The van der Waals surface area contributed by atoms with Crippen molar-refractivity contribution in [3.8, 4) is 34.3 Å². The smallest absolute Gasteiger partial charge is 0.258 e. The molecule has 4 rings (SSSR count). The Balaban J connectivity index is 1.71. The average Bonchev–Trinajstić information content (AvgIpc) is 3.15. The largest absolute Gasteiger partial charge is 0.508 e. The van der Waals surface area contributed by atoms with Crippen molar-refractivity contribution in [1.29, 1.82) is 0 Å². The normalized spacial score (nSPS) is 13.0. The number of aromatic nitrogens is 2. The van der Waals surface area contributed by atoms with Crippen molar-refractivity contribution < 1.29 is 14.4 Å². The minimum absolute atomic E-state index is 0.168. The van der Waals surface area contributed by atoms with Crippen LogP contribution in [0.1, 0.15) is 5.56 Å². The summed E-state index contributed by atoms with van der Waals surface area (Å²) in [6.07, 6.45) is 0.903. The Hall–Kier alpha value is -2.82. The number of rotatable bonds is 2. The minimum Gasteiger partial charge on any atom is -0.508 e. The molecule has 0 fully saturated rings. The lowest BCUT2D eigenvalue weighted by Crippen LogP contribution is -1.85. The highest BCUT2D eigenvalue weighted by Crippen LogP contribution is 2.30. The molecule has 1 aromatic heterocycles. The molecule has 2 aromatic carbocycles. The topological polar surface area (TPSA) is 68.4 Å². The van der Waals surface area contributed by atoms with Crippen molar-refractivity contribution in [3.63, 3.8) is 0 Å². The van der Waals surface area contributed by atoms with Gasteiger partial charge in [0, 0.05) is 17.5 Å². The predicted octanol–water partition coefficient (Wildman–Crippen LogP) is 3.04. The number of fused-ring (bicyclic) bond motifs is 1. The van der Waals surface area contributed by atoms with Crippen molar-refractivity contribution in [3.05, 3.63) is 48.0 Å². The number of aromatic hydroxyl groups is 1. The van der Waals surface area contributed by atoms with Crippen molar-refractivity contribution in [2.75, 3.05) is 6.61 Å². The van der Waals surface area contributed by atoms with E-state index >= 15 is 0 Å². The molecule has 0 saturated carbocycles. The summed E-state index contributed by atoms with van der Waals surface area (Å²) in [5.41, 5.74) is 2.75. The van der Waals surface area contributed by atoms with Crippen molar-refractivity contribution in [1.82, 2.24) is 10.1 Å². The molecule has 0 spiro atoms. The van der Waals surface area contributed by atoms with Crippen LogP contribution in [0.2, 0.25) is 0 Å². The Kier molecular flexibility index (Phi) is 2.64. The first kappa shape index (κ1) is 12.0. The number of hydrogen-bond donors (Lipinski definition) is 1. The molecule has 0 saturated heterocycles. The van der Waals surface area contributed by atoms with Crippen LogP contribution in [0.3, 0.4) is 0 Å². The second-order valence-corrected chi connectivity index (χ2v) is 4.89. The van der Waals surface area contributed by atoms with E-state index in [9.17, 15) is 5.11 Å². The highest BCUT2D eigenvalue weighted by molar-refractivity contribution is 5.63. The molecule has 5 nitrogen and oxygen atoms in total. The van der Waals surface area contributed by atoms with Gasteiger partial charge in [-0.05, 0) is 42.0 Å². The SMILES string of the molecule is Oc1cccc(-c2nc(-c3ccc4c(c3)CCO4)no2)c1. The molecular formula is C16H12N2O3. The van der Waals surface area contributed by atoms with Crippen LogP contribution in [0.15, 0.2) is 47.0 Å². The van der Waals surface area contributed by atoms with Crippen LogP contribution < -0.4 is 4.74 Å². The molecule has 1 aliphatic rings. The molecule has 5 heteroatoms. The molecule has 1 aliphatic heterocycles. The van der Waals surface area contributed by atoms with Gasteiger partial charge in [0.05, 0.1) is 6.61 Å².